The fourth-order valence-corrected chi connectivity index (χ4v) is 3.81. The van der Waals surface area contributed by atoms with Crippen LogP contribution in [0.5, 0.6) is 5.75 Å². The Bertz CT molecular complexity index is 1280. The number of rotatable bonds is 1. The maximum atomic E-state index is 9.72. The Morgan fingerprint density at radius 1 is 0.720 bits per heavy atom. The minimum Gasteiger partial charge on any atom is -0.508 e. The van der Waals surface area contributed by atoms with Gasteiger partial charge in [-0.05, 0) is 69.4 Å². The van der Waals surface area contributed by atoms with Crippen LogP contribution in [0.2, 0.25) is 0 Å². The number of hydrogen-bond donors (Lipinski definition) is 1. The molecule has 0 aliphatic carbocycles. The Hall–Kier alpha value is -3.00. The molecule has 0 unspecified atom stereocenters. The van der Waals surface area contributed by atoms with Gasteiger partial charge in [-0.2, -0.15) is 0 Å². The zero-order valence-corrected chi connectivity index (χ0v) is 14.2. The molecule has 1 aromatic heterocycles. The van der Waals surface area contributed by atoms with E-state index in [2.05, 4.69) is 50.2 Å². The van der Waals surface area contributed by atoms with E-state index in [9.17, 15) is 5.11 Å². The van der Waals surface area contributed by atoms with Gasteiger partial charge in [0.2, 0.25) is 0 Å². The summed E-state index contributed by atoms with van der Waals surface area (Å²) in [5.41, 5.74) is 3.11. The lowest BCUT2D eigenvalue weighted by Crippen LogP contribution is -1.88. The second-order valence-electron chi connectivity index (χ2n) is 7.05. The number of phenols is 1. The van der Waals surface area contributed by atoms with Crippen LogP contribution in [0.4, 0.5) is 0 Å². The van der Waals surface area contributed by atoms with Crippen molar-refractivity contribution in [3.8, 4) is 5.75 Å². The Morgan fingerprint density at radius 2 is 1.48 bits per heavy atom. The van der Waals surface area contributed by atoms with Crippen LogP contribution in [0.3, 0.4) is 0 Å². The second kappa shape index (κ2) is 5.00. The smallest absolute Gasteiger partial charge is 0.136 e. The zero-order valence-electron chi connectivity index (χ0n) is 14.2. The second-order valence-corrected chi connectivity index (χ2v) is 7.05. The first-order valence-electron chi connectivity index (χ1n) is 8.62. The standard InChI is InChI=1S/C23H18O2/c1-13(2)18-5-3-4-15-10-21-20-9-14-6-7-17(24)8-16(14)11-22(20)25-23(21)12-19(15)18/h3-13,24H,1-2H3. The van der Waals surface area contributed by atoms with Gasteiger partial charge in [0.15, 0.2) is 0 Å². The maximum absolute atomic E-state index is 9.72. The molecule has 5 rings (SSSR count). The molecule has 5 aromatic rings. The summed E-state index contributed by atoms with van der Waals surface area (Å²) in [6.07, 6.45) is 0. The van der Waals surface area contributed by atoms with Crippen molar-refractivity contribution < 1.29 is 9.52 Å². The van der Waals surface area contributed by atoms with Gasteiger partial charge < -0.3 is 9.52 Å². The summed E-state index contributed by atoms with van der Waals surface area (Å²) >= 11 is 0. The Kier molecular flexibility index (Phi) is 2.87. The molecular weight excluding hydrogens is 308 g/mol. The molecule has 1 heterocycles. The highest BCUT2D eigenvalue weighted by Gasteiger charge is 2.12. The summed E-state index contributed by atoms with van der Waals surface area (Å²) in [5, 5.41) is 16.6. The van der Waals surface area contributed by atoms with E-state index in [0.29, 0.717) is 5.92 Å². The molecule has 0 aliphatic heterocycles. The van der Waals surface area contributed by atoms with E-state index in [0.717, 1.165) is 32.7 Å². The molecule has 0 amide bonds. The summed E-state index contributed by atoms with van der Waals surface area (Å²) < 4.78 is 6.16. The molecule has 1 N–H and O–H groups in total. The lowest BCUT2D eigenvalue weighted by molar-refractivity contribution is 0.476. The number of furan rings is 1. The van der Waals surface area contributed by atoms with Gasteiger partial charge in [-0.3, -0.25) is 0 Å². The monoisotopic (exact) mass is 326 g/mol. The third kappa shape index (κ3) is 2.11. The van der Waals surface area contributed by atoms with Crippen LogP contribution >= 0.6 is 0 Å². The van der Waals surface area contributed by atoms with E-state index < -0.39 is 0 Å². The van der Waals surface area contributed by atoms with Crippen molar-refractivity contribution in [2.75, 3.05) is 0 Å². The van der Waals surface area contributed by atoms with Gasteiger partial charge >= 0.3 is 0 Å². The molecule has 0 atom stereocenters. The predicted octanol–water partition coefficient (Wildman–Crippen LogP) is 6.72. The molecule has 2 heteroatoms. The number of hydrogen-bond acceptors (Lipinski definition) is 2. The van der Waals surface area contributed by atoms with Crippen LogP contribution in [0.1, 0.15) is 25.3 Å². The van der Waals surface area contributed by atoms with Gasteiger partial charge in [0.25, 0.3) is 0 Å². The third-order valence-corrected chi connectivity index (χ3v) is 5.07. The minimum atomic E-state index is 0.273. The SMILES string of the molecule is CC(C)c1cccc2cc3c(cc12)oc1cc2cc(O)ccc2cc13. The highest BCUT2D eigenvalue weighted by molar-refractivity contribution is 6.13. The van der Waals surface area contributed by atoms with Crippen molar-refractivity contribution in [1.82, 2.24) is 0 Å². The van der Waals surface area contributed by atoms with Crippen molar-refractivity contribution in [2.24, 2.45) is 0 Å². The van der Waals surface area contributed by atoms with E-state index in [4.69, 9.17) is 4.42 Å². The Balaban J connectivity index is 1.91. The average Bonchev–Trinajstić information content (AvgIpc) is 2.93. The van der Waals surface area contributed by atoms with Crippen molar-refractivity contribution in [1.29, 1.82) is 0 Å². The van der Waals surface area contributed by atoms with Gasteiger partial charge in [0.1, 0.15) is 16.9 Å². The van der Waals surface area contributed by atoms with E-state index in [1.165, 1.54) is 16.3 Å². The number of aromatic hydroxyl groups is 1. The first-order chi connectivity index (χ1) is 12.1. The summed E-state index contributed by atoms with van der Waals surface area (Å²) in [6.45, 7) is 4.44. The highest BCUT2D eigenvalue weighted by atomic mass is 16.3. The minimum absolute atomic E-state index is 0.273. The normalized spacial score (nSPS) is 12.1. The molecule has 4 aromatic carbocycles. The topological polar surface area (TPSA) is 33.4 Å². The predicted molar refractivity (Wildman–Crippen MR) is 104 cm³/mol. The van der Waals surface area contributed by atoms with Gasteiger partial charge in [-0.1, -0.05) is 38.1 Å². The fourth-order valence-electron chi connectivity index (χ4n) is 3.81. The number of fused-ring (bicyclic) bond motifs is 5. The lowest BCUT2D eigenvalue weighted by Gasteiger charge is -2.09. The molecule has 0 aliphatic rings. The summed E-state index contributed by atoms with van der Waals surface area (Å²) in [6, 6.07) is 20.5. The van der Waals surface area contributed by atoms with Crippen molar-refractivity contribution in [3.05, 3.63) is 66.2 Å². The largest absolute Gasteiger partial charge is 0.508 e. The van der Waals surface area contributed by atoms with E-state index in [1.807, 2.05) is 12.1 Å². The van der Waals surface area contributed by atoms with Crippen LogP contribution in [0.25, 0.3) is 43.5 Å². The Morgan fingerprint density at radius 3 is 2.28 bits per heavy atom. The molecule has 0 spiro atoms. The van der Waals surface area contributed by atoms with Crippen LogP contribution < -0.4 is 0 Å². The molecule has 25 heavy (non-hydrogen) atoms. The first kappa shape index (κ1) is 14.4. The molecular formula is C23H18O2. The van der Waals surface area contributed by atoms with Crippen molar-refractivity contribution in [2.45, 2.75) is 19.8 Å². The van der Waals surface area contributed by atoms with Crippen molar-refractivity contribution >= 4 is 43.5 Å². The molecule has 0 saturated heterocycles. The van der Waals surface area contributed by atoms with Gasteiger partial charge in [-0.15, -0.1) is 0 Å². The van der Waals surface area contributed by atoms with Crippen LogP contribution in [-0.4, -0.2) is 5.11 Å². The summed E-state index contributed by atoms with van der Waals surface area (Å²) in [7, 11) is 0. The average molecular weight is 326 g/mol. The van der Waals surface area contributed by atoms with Gasteiger partial charge in [0, 0.05) is 10.8 Å². The molecule has 0 saturated carbocycles. The highest BCUT2D eigenvalue weighted by Crippen LogP contribution is 2.37. The molecule has 122 valence electrons. The van der Waals surface area contributed by atoms with E-state index in [-0.39, 0.29) is 5.75 Å². The number of phenolic OH excluding ortho intramolecular Hbond substituents is 1. The Labute approximate surface area is 145 Å². The van der Waals surface area contributed by atoms with E-state index >= 15 is 0 Å². The summed E-state index contributed by atoms with van der Waals surface area (Å²) in [5.74, 6) is 0.742. The lowest BCUT2D eigenvalue weighted by atomic mass is 9.95. The quantitative estimate of drug-likeness (QED) is 0.371. The van der Waals surface area contributed by atoms with E-state index in [1.54, 1.807) is 12.1 Å². The maximum Gasteiger partial charge on any atom is 0.136 e. The molecule has 0 fully saturated rings. The number of benzene rings is 4. The van der Waals surface area contributed by atoms with Gasteiger partial charge in [-0.25, -0.2) is 0 Å². The zero-order chi connectivity index (χ0) is 17.1. The van der Waals surface area contributed by atoms with Crippen molar-refractivity contribution in [3.63, 3.8) is 0 Å². The van der Waals surface area contributed by atoms with Crippen LogP contribution in [0, 0.1) is 0 Å². The van der Waals surface area contributed by atoms with Gasteiger partial charge in [0.05, 0.1) is 0 Å². The molecule has 0 radical (unpaired) electrons. The van der Waals surface area contributed by atoms with Crippen LogP contribution in [0.15, 0.2) is 65.1 Å². The third-order valence-electron chi connectivity index (χ3n) is 5.07. The van der Waals surface area contributed by atoms with Crippen LogP contribution in [-0.2, 0) is 0 Å². The molecule has 2 nitrogen and oxygen atoms in total. The fraction of sp³-hybridized carbons (Fsp3) is 0.130. The molecule has 0 bridgehead atoms. The first-order valence-corrected chi connectivity index (χ1v) is 8.62. The summed E-state index contributed by atoms with van der Waals surface area (Å²) in [4.78, 5) is 0.